The molecule has 2 saturated heterocycles. The minimum atomic E-state index is -0.587. The molecule has 4 nitrogen and oxygen atoms in total. The first-order chi connectivity index (χ1) is 9.17. The number of carboxylic acid groups (broad SMARTS) is 1. The average Bonchev–Trinajstić information content (AvgIpc) is 2.63. The third-order valence-electron chi connectivity index (χ3n) is 5.54. The summed E-state index contributed by atoms with van der Waals surface area (Å²) in [5.74, 6) is -0.587. The number of aliphatic carboxylic acids is 1. The Labute approximate surface area is 115 Å². The zero-order valence-electron chi connectivity index (χ0n) is 11.7. The first-order valence-corrected chi connectivity index (χ1v) is 7.73. The maximum atomic E-state index is 11.9. The van der Waals surface area contributed by atoms with Crippen molar-refractivity contribution < 1.29 is 14.6 Å². The van der Waals surface area contributed by atoms with Gasteiger partial charge >= 0.3 is 5.97 Å². The van der Waals surface area contributed by atoms with E-state index in [2.05, 4.69) is 4.90 Å². The highest BCUT2D eigenvalue weighted by Crippen LogP contribution is 2.46. The van der Waals surface area contributed by atoms with Crippen LogP contribution in [0.3, 0.4) is 0 Å². The molecule has 2 heterocycles. The third-order valence-corrected chi connectivity index (χ3v) is 5.54. The second-order valence-electron chi connectivity index (χ2n) is 6.72. The lowest BCUT2D eigenvalue weighted by molar-refractivity contribution is -0.172. The SMILES string of the molecule is O=C(O)C1(N2CC3(CCOCC3)C2)CCCCCC1. The molecule has 2 aliphatic heterocycles. The zero-order valence-corrected chi connectivity index (χ0v) is 11.7. The number of hydrogen-bond donors (Lipinski definition) is 1. The van der Waals surface area contributed by atoms with E-state index in [0.717, 1.165) is 64.8 Å². The second kappa shape index (κ2) is 5.06. The molecule has 108 valence electrons. The van der Waals surface area contributed by atoms with Crippen molar-refractivity contribution in [3.05, 3.63) is 0 Å². The molecule has 0 bridgehead atoms. The summed E-state index contributed by atoms with van der Waals surface area (Å²) in [7, 11) is 0. The van der Waals surface area contributed by atoms with Gasteiger partial charge in [-0.2, -0.15) is 0 Å². The summed E-state index contributed by atoms with van der Waals surface area (Å²) < 4.78 is 5.44. The van der Waals surface area contributed by atoms with Crippen molar-refractivity contribution in [2.75, 3.05) is 26.3 Å². The number of rotatable bonds is 2. The van der Waals surface area contributed by atoms with Crippen molar-refractivity contribution in [3.8, 4) is 0 Å². The first-order valence-electron chi connectivity index (χ1n) is 7.73. The first kappa shape index (κ1) is 13.4. The van der Waals surface area contributed by atoms with Gasteiger partial charge in [0.05, 0.1) is 0 Å². The van der Waals surface area contributed by atoms with E-state index in [-0.39, 0.29) is 0 Å². The van der Waals surface area contributed by atoms with Crippen LogP contribution >= 0.6 is 0 Å². The molecule has 1 N–H and O–H groups in total. The Hall–Kier alpha value is -0.610. The summed E-state index contributed by atoms with van der Waals surface area (Å²) in [5, 5.41) is 9.77. The summed E-state index contributed by atoms with van der Waals surface area (Å²) in [6.07, 6.45) is 8.43. The molecule has 0 aromatic carbocycles. The van der Waals surface area contributed by atoms with Gasteiger partial charge in [-0.05, 0) is 25.7 Å². The van der Waals surface area contributed by atoms with Gasteiger partial charge < -0.3 is 9.84 Å². The van der Waals surface area contributed by atoms with Crippen molar-refractivity contribution in [3.63, 3.8) is 0 Å². The molecule has 0 aromatic heterocycles. The summed E-state index contributed by atoms with van der Waals surface area (Å²) in [5.41, 5.74) is -0.187. The van der Waals surface area contributed by atoms with Crippen molar-refractivity contribution in [1.82, 2.24) is 4.90 Å². The summed E-state index contributed by atoms with van der Waals surface area (Å²) in [6, 6.07) is 0. The van der Waals surface area contributed by atoms with E-state index < -0.39 is 11.5 Å². The predicted octanol–water partition coefficient (Wildman–Crippen LogP) is 2.28. The highest BCUT2D eigenvalue weighted by atomic mass is 16.5. The lowest BCUT2D eigenvalue weighted by Gasteiger charge is -2.58. The Morgan fingerprint density at radius 2 is 1.53 bits per heavy atom. The Morgan fingerprint density at radius 1 is 0.947 bits per heavy atom. The van der Waals surface area contributed by atoms with E-state index in [1.807, 2.05) is 0 Å². The van der Waals surface area contributed by atoms with Gasteiger partial charge in [0, 0.05) is 31.7 Å². The van der Waals surface area contributed by atoms with Crippen LogP contribution in [0.4, 0.5) is 0 Å². The van der Waals surface area contributed by atoms with Gasteiger partial charge in [0.1, 0.15) is 5.54 Å². The van der Waals surface area contributed by atoms with Gasteiger partial charge in [0.15, 0.2) is 0 Å². The molecule has 0 unspecified atom stereocenters. The molecule has 3 rings (SSSR count). The number of hydrogen-bond acceptors (Lipinski definition) is 3. The Morgan fingerprint density at radius 3 is 2.05 bits per heavy atom. The Bertz CT molecular complexity index is 333. The average molecular weight is 267 g/mol. The smallest absolute Gasteiger partial charge is 0.324 e. The van der Waals surface area contributed by atoms with Crippen LogP contribution in [0.2, 0.25) is 0 Å². The maximum absolute atomic E-state index is 11.9. The molecule has 0 atom stereocenters. The summed E-state index contributed by atoms with van der Waals surface area (Å²) in [4.78, 5) is 14.1. The van der Waals surface area contributed by atoms with E-state index in [1.54, 1.807) is 0 Å². The monoisotopic (exact) mass is 267 g/mol. The zero-order chi connectivity index (χ0) is 13.3. The fourth-order valence-corrected chi connectivity index (χ4v) is 4.17. The highest BCUT2D eigenvalue weighted by molar-refractivity contribution is 5.79. The quantitative estimate of drug-likeness (QED) is 0.780. The van der Waals surface area contributed by atoms with Gasteiger partial charge in [0.25, 0.3) is 0 Å². The van der Waals surface area contributed by atoms with Gasteiger partial charge in [-0.25, -0.2) is 0 Å². The van der Waals surface area contributed by atoms with Crippen LogP contribution in [0.15, 0.2) is 0 Å². The number of nitrogens with zero attached hydrogens (tertiary/aromatic N) is 1. The lowest BCUT2D eigenvalue weighted by atomic mass is 9.69. The summed E-state index contributed by atoms with van der Waals surface area (Å²) in [6.45, 7) is 3.66. The normalized spacial score (nSPS) is 30.5. The molecule has 1 saturated carbocycles. The molecule has 4 heteroatoms. The van der Waals surface area contributed by atoms with E-state index in [4.69, 9.17) is 4.74 Å². The van der Waals surface area contributed by atoms with Gasteiger partial charge in [-0.15, -0.1) is 0 Å². The number of carboxylic acids is 1. The van der Waals surface area contributed by atoms with E-state index in [1.165, 1.54) is 12.8 Å². The Balaban J connectivity index is 1.70. The predicted molar refractivity (Wildman–Crippen MR) is 72.1 cm³/mol. The highest BCUT2D eigenvalue weighted by Gasteiger charge is 2.54. The van der Waals surface area contributed by atoms with Crippen LogP contribution in [0.1, 0.15) is 51.4 Å². The van der Waals surface area contributed by atoms with Crippen LogP contribution in [0.5, 0.6) is 0 Å². The molecule has 0 aromatic rings. The van der Waals surface area contributed by atoms with Gasteiger partial charge in [-0.3, -0.25) is 9.69 Å². The lowest BCUT2D eigenvalue weighted by Crippen LogP contribution is -2.68. The molecule has 3 aliphatic rings. The molecule has 1 aliphatic carbocycles. The molecular formula is C15H25NO3. The van der Waals surface area contributed by atoms with E-state index in [9.17, 15) is 9.90 Å². The van der Waals surface area contributed by atoms with Crippen LogP contribution in [-0.4, -0.2) is 47.8 Å². The molecular weight excluding hydrogens is 242 g/mol. The minimum absolute atomic E-state index is 0.368. The molecule has 1 spiro atoms. The second-order valence-corrected chi connectivity index (χ2v) is 6.72. The molecule has 3 fully saturated rings. The molecule has 0 amide bonds. The fourth-order valence-electron chi connectivity index (χ4n) is 4.17. The summed E-state index contributed by atoms with van der Waals surface area (Å²) >= 11 is 0. The number of carbonyl (C=O) groups is 1. The number of likely N-dealkylation sites (tertiary alicyclic amines) is 1. The fraction of sp³-hybridized carbons (Fsp3) is 0.933. The van der Waals surface area contributed by atoms with E-state index >= 15 is 0 Å². The van der Waals surface area contributed by atoms with Gasteiger partial charge in [0.2, 0.25) is 0 Å². The Kier molecular flexibility index (Phi) is 3.56. The maximum Gasteiger partial charge on any atom is 0.324 e. The standard InChI is InChI=1S/C15H25NO3/c17-13(18)15(5-3-1-2-4-6-15)16-11-14(12-16)7-9-19-10-8-14/h1-12H2,(H,17,18). The van der Waals surface area contributed by atoms with Crippen LogP contribution in [0, 0.1) is 5.41 Å². The van der Waals surface area contributed by atoms with Crippen LogP contribution in [-0.2, 0) is 9.53 Å². The third kappa shape index (κ3) is 2.29. The van der Waals surface area contributed by atoms with Crippen LogP contribution in [0.25, 0.3) is 0 Å². The van der Waals surface area contributed by atoms with Gasteiger partial charge in [-0.1, -0.05) is 25.7 Å². The number of ether oxygens (including phenoxy) is 1. The molecule has 19 heavy (non-hydrogen) atoms. The van der Waals surface area contributed by atoms with Crippen molar-refractivity contribution in [2.45, 2.75) is 56.9 Å². The minimum Gasteiger partial charge on any atom is -0.480 e. The molecule has 0 radical (unpaired) electrons. The van der Waals surface area contributed by atoms with Crippen molar-refractivity contribution >= 4 is 5.97 Å². The topological polar surface area (TPSA) is 49.8 Å². The van der Waals surface area contributed by atoms with Crippen molar-refractivity contribution in [1.29, 1.82) is 0 Å². The largest absolute Gasteiger partial charge is 0.480 e. The van der Waals surface area contributed by atoms with E-state index in [0.29, 0.717) is 5.41 Å². The van der Waals surface area contributed by atoms with Crippen molar-refractivity contribution in [2.24, 2.45) is 5.41 Å². The van der Waals surface area contributed by atoms with Crippen LogP contribution < -0.4 is 0 Å².